The molecule has 2 aromatic carbocycles. The summed E-state index contributed by atoms with van der Waals surface area (Å²) in [7, 11) is 0. The maximum atomic E-state index is 9.72. The van der Waals surface area contributed by atoms with Crippen molar-refractivity contribution in [1.82, 2.24) is 4.98 Å². The number of azo groups is 1. The number of halogens is 2. The number of aromatic hydroxyl groups is 1. The number of hydrogen-bond acceptors (Lipinski definition) is 5. The van der Waals surface area contributed by atoms with Gasteiger partial charge in [0.25, 0.3) is 0 Å². The van der Waals surface area contributed by atoms with Crippen molar-refractivity contribution in [2.45, 2.75) is 6.54 Å². The van der Waals surface area contributed by atoms with Gasteiger partial charge in [-0.2, -0.15) is 5.11 Å². The second-order valence-electron chi connectivity index (χ2n) is 4.69. The molecule has 0 saturated carbocycles. The first-order chi connectivity index (χ1) is 11.1. The Bertz CT molecular complexity index is 847. The second kappa shape index (κ2) is 7.08. The van der Waals surface area contributed by atoms with E-state index in [9.17, 15) is 5.11 Å². The highest BCUT2D eigenvalue weighted by molar-refractivity contribution is 7.13. The fourth-order valence-electron chi connectivity index (χ4n) is 1.92. The highest BCUT2D eigenvalue weighted by atomic mass is 35.5. The third-order valence-corrected chi connectivity index (χ3v) is 4.28. The van der Waals surface area contributed by atoms with Gasteiger partial charge in [-0.1, -0.05) is 35.3 Å². The van der Waals surface area contributed by atoms with Crippen LogP contribution in [0.5, 0.6) is 5.75 Å². The van der Waals surface area contributed by atoms with E-state index in [-0.39, 0.29) is 12.3 Å². The zero-order chi connectivity index (χ0) is 16.2. The van der Waals surface area contributed by atoms with E-state index in [2.05, 4.69) is 15.2 Å². The van der Waals surface area contributed by atoms with Gasteiger partial charge in [-0.3, -0.25) is 0 Å². The molecule has 0 radical (unpaired) electrons. The van der Waals surface area contributed by atoms with Crippen LogP contribution in [0, 0.1) is 0 Å². The molecule has 0 unspecified atom stereocenters. The van der Waals surface area contributed by atoms with Gasteiger partial charge in [0.15, 0.2) is 0 Å². The molecule has 0 bridgehead atoms. The Morgan fingerprint density at radius 1 is 1.04 bits per heavy atom. The maximum Gasteiger partial charge on any atom is 0.230 e. The number of phenolic OH excluding ortho intramolecular Hbond substituents is 1. The quantitative estimate of drug-likeness (QED) is 0.568. The summed E-state index contributed by atoms with van der Waals surface area (Å²) in [6.07, 6.45) is 0. The summed E-state index contributed by atoms with van der Waals surface area (Å²) in [4.78, 5) is 4.41. The van der Waals surface area contributed by atoms with Crippen molar-refractivity contribution in [3.8, 4) is 17.0 Å². The van der Waals surface area contributed by atoms with E-state index in [0.29, 0.717) is 20.7 Å². The largest absolute Gasteiger partial charge is 0.508 e. The van der Waals surface area contributed by atoms with Gasteiger partial charge in [-0.05, 0) is 30.3 Å². The van der Waals surface area contributed by atoms with Crippen LogP contribution in [0.2, 0.25) is 10.0 Å². The number of nitrogens with zero attached hydrogens (tertiary/aromatic N) is 3. The van der Waals surface area contributed by atoms with Gasteiger partial charge in [0.1, 0.15) is 5.75 Å². The van der Waals surface area contributed by atoms with Crippen molar-refractivity contribution in [2.24, 2.45) is 10.2 Å². The van der Waals surface area contributed by atoms with E-state index >= 15 is 0 Å². The summed E-state index contributed by atoms with van der Waals surface area (Å²) < 4.78 is 0. The van der Waals surface area contributed by atoms with Crippen molar-refractivity contribution in [1.29, 1.82) is 0 Å². The van der Waals surface area contributed by atoms with Crippen LogP contribution in [-0.2, 0) is 6.54 Å². The van der Waals surface area contributed by atoms with Gasteiger partial charge in [0, 0.05) is 26.6 Å². The van der Waals surface area contributed by atoms with E-state index < -0.39 is 0 Å². The number of phenols is 1. The molecule has 1 heterocycles. The summed E-state index contributed by atoms with van der Waals surface area (Å²) in [5, 5.41) is 21.6. The number of thiazole rings is 1. The zero-order valence-corrected chi connectivity index (χ0v) is 14.1. The standard InChI is InChI=1S/C16H11Cl2N3OS/c17-12-3-1-10(2-4-12)14-9-23-16(20-14)21-19-8-11-7-13(18)5-6-15(11)22/h1-7,9,22H,8H2. The molecule has 7 heteroatoms. The smallest absolute Gasteiger partial charge is 0.230 e. The molecule has 0 saturated heterocycles. The molecule has 1 N–H and O–H groups in total. The Balaban J connectivity index is 1.71. The molecule has 0 fully saturated rings. The zero-order valence-electron chi connectivity index (χ0n) is 11.8. The molecule has 3 aromatic rings. The van der Waals surface area contributed by atoms with Crippen molar-refractivity contribution >= 4 is 39.7 Å². The summed E-state index contributed by atoms with van der Waals surface area (Å²) in [5.74, 6) is 0.148. The lowest BCUT2D eigenvalue weighted by atomic mass is 10.2. The topological polar surface area (TPSA) is 57.8 Å². The minimum absolute atomic E-state index is 0.148. The van der Waals surface area contributed by atoms with Crippen LogP contribution in [0.4, 0.5) is 5.13 Å². The maximum absolute atomic E-state index is 9.72. The molecule has 4 nitrogen and oxygen atoms in total. The van der Waals surface area contributed by atoms with Gasteiger partial charge in [-0.25, -0.2) is 4.98 Å². The summed E-state index contributed by atoms with van der Waals surface area (Å²) in [6, 6.07) is 12.3. The molecule has 0 atom stereocenters. The first-order valence-electron chi connectivity index (χ1n) is 6.68. The van der Waals surface area contributed by atoms with Gasteiger partial charge in [0.2, 0.25) is 5.13 Å². The molecule has 0 amide bonds. The van der Waals surface area contributed by atoms with Crippen LogP contribution in [0.3, 0.4) is 0 Å². The van der Waals surface area contributed by atoms with E-state index in [0.717, 1.165) is 11.3 Å². The van der Waals surface area contributed by atoms with Crippen LogP contribution in [-0.4, -0.2) is 10.1 Å². The van der Waals surface area contributed by atoms with Gasteiger partial charge < -0.3 is 5.11 Å². The Hall–Kier alpha value is -1.95. The molecule has 0 aliphatic heterocycles. The van der Waals surface area contributed by atoms with Crippen LogP contribution in [0.15, 0.2) is 58.1 Å². The van der Waals surface area contributed by atoms with Gasteiger partial charge >= 0.3 is 0 Å². The minimum Gasteiger partial charge on any atom is -0.508 e. The van der Waals surface area contributed by atoms with Crippen LogP contribution < -0.4 is 0 Å². The number of rotatable bonds is 4. The predicted octanol–water partition coefficient (Wildman–Crippen LogP) is 6.11. The normalized spacial score (nSPS) is 11.2. The molecule has 0 spiro atoms. The highest BCUT2D eigenvalue weighted by Crippen LogP contribution is 2.28. The minimum atomic E-state index is 0.148. The van der Waals surface area contributed by atoms with Crippen LogP contribution in [0.25, 0.3) is 11.3 Å². The third kappa shape index (κ3) is 4.07. The molecular weight excluding hydrogens is 353 g/mol. The van der Waals surface area contributed by atoms with Crippen molar-refractivity contribution in [2.75, 3.05) is 0 Å². The lowest BCUT2D eigenvalue weighted by Crippen LogP contribution is -1.82. The van der Waals surface area contributed by atoms with Crippen molar-refractivity contribution in [3.05, 3.63) is 63.5 Å². The van der Waals surface area contributed by atoms with E-state index in [1.807, 2.05) is 29.6 Å². The average molecular weight is 364 g/mol. The Kier molecular flexibility index (Phi) is 4.91. The second-order valence-corrected chi connectivity index (χ2v) is 6.40. The molecular formula is C16H11Cl2N3OS. The molecule has 23 heavy (non-hydrogen) atoms. The number of benzene rings is 2. The highest BCUT2D eigenvalue weighted by Gasteiger charge is 2.05. The monoisotopic (exact) mass is 363 g/mol. The number of aromatic nitrogens is 1. The van der Waals surface area contributed by atoms with Crippen molar-refractivity contribution < 1.29 is 5.11 Å². The SMILES string of the molecule is Oc1ccc(Cl)cc1CN=Nc1nc(-c2ccc(Cl)cc2)cs1. The molecule has 0 aliphatic rings. The molecule has 3 rings (SSSR count). The van der Waals surface area contributed by atoms with Crippen LogP contribution >= 0.6 is 34.5 Å². The summed E-state index contributed by atoms with van der Waals surface area (Å²) in [6.45, 7) is 0.238. The lowest BCUT2D eigenvalue weighted by molar-refractivity contribution is 0.468. The van der Waals surface area contributed by atoms with E-state index in [1.54, 1.807) is 12.1 Å². The van der Waals surface area contributed by atoms with Gasteiger partial charge in [0.05, 0.1) is 12.2 Å². The third-order valence-electron chi connectivity index (χ3n) is 3.07. The molecule has 1 aromatic heterocycles. The fraction of sp³-hybridized carbons (Fsp3) is 0.0625. The summed E-state index contributed by atoms with van der Waals surface area (Å²) in [5.41, 5.74) is 2.42. The Labute approximate surface area is 147 Å². The Morgan fingerprint density at radius 3 is 2.57 bits per heavy atom. The molecule has 116 valence electrons. The first-order valence-corrected chi connectivity index (χ1v) is 8.32. The average Bonchev–Trinajstić information content (AvgIpc) is 3.00. The van der Waals surface area contributed by atoms with E-state index in [1.165, 1.54) is 17.4 Å². The Morgan fingerprint density at radius 2 is 1.78 bits per heavy atom. The number of hydrogen-bond donors (Lipinski definition) is 1. The fourth-order valence-corrected chi connectivity index (χ4v) is 2.90. The van der Waals surface area contributed by atoms with Crippen molar-refractivity contribution in [3.63, 3.8) is 0 Å². The predicted molar refractivity (Wildman–Crippen MR) is 93.9 cm³/mol. The molecule has 0 aliphatic carbocycles. The van der Waals surface area contributed by atoms with E-state index in [4.69, 9.17) is 23.2 Å². The first kappa shape index (κ1) is 15.9. The van der Waals surface area contributed by atoms with Crippen LogP contribution in [0.1, 0.15) is 5.56 Å². The van der Waals surface area contributed by atoms with Gasteiger partial charge in [-0.15, -0.1) is 16.5 Å². The summed E-state index contributed by atoms with van der Waals surface area (Å²) >= 11 is 13.2. The lowest BCUT2D eigenvalue weighted by Gasteiger charge is -2.00.